The Balaban J connectivity index is 1.94. The van der Waals surface area contributed by atoms with E-state index in [2.05, 4.69) is 26.6 Å². The first-order valence-corrected chi connectivity index (χ1v) is 8.72. The highest BCUT2D eigenvalue weighted by Gasteiger charge is 2.14. The molecule has 1 unspecified atom stereocenters. The molecule has 2 amide bonds. The molecule has 120 valence electrons. The molecule has 1 atom stereocenters. The highest BCUT2D eigenvalue weighted by Crippen LogP contribution is 2.26. The average Bonchev–Trinajstić information content (AvgIpc) is 2.48. The summed E-state index contributed by atoms with van der Waals surface area (Å²) in [5, 5.41) is 5.37. The molecule has 0 saturated heterocycles. The zero-order valence-corrected chi connectivity index (χ0v) is 15.2. The van der Waals surface area contributed by atoms with E-state index in [1.807, 2.05) is 55.5 Å². The third-order valence-electron chi connectivity index (χ3n) is 2.95. The molecule has 0 aliphatic heterocycles. The van der Waals surface area contributed by atoms with E-state index in [9.17, 15) is 9.59 Å². The molecule has 2 rings (SSSR count). The third kappa shape index (κ3) is 5.73. The molecule has 0 aliphatic carbocycles. The number of carbonyl (C=O) groups is 2. The molecule has 2 N–H and O–H groups in total. The van der Waals surface area contributed by atoms with E-state index in [4.69, 9.17) is 0 Å². The molecule has 2 aromatic carbocycles. The molecular formula is C17H17BrN2O2S. The summed E-state index contributed by atoms with van der Waals surface area (Å²) < 4.78 is 0.921. The average molecular weight is 393 g/mol. The Morgan fingerprint density at radius 3 is 2.35 bits per heavy atom. The van der Waals surface area contributed by atoms with Gasteiger partial charge in [-0.15, -0.1) is 11.8 Å². The molecule has 2 aromatic rings. The first-order valence-electron chi connectivity index (χ1n) is 7.05. The van der Waals surface area contributed by atoms with Gasteiger partial charge in [-0.25, -0.2) is 0 Å². The molecule has 6 heteroatoms. The lowest BCUT2D eigenvalue weighted by Crippen LogP contribution is -2.22. The standard InChI is InChI=1S/C17H17BrN2O2S/c1-11(17(22)20-15-5-3-4-13(18)10-15)23-16-8-6-14(7-9-16)19-12(2)21/h3-11H,1-2H3,(H,19,21)(H,20,22). The number of halogens is 1. The van der Waals surface area contributed by atoms with Crippen molar-refractivity contribution in [3.05, 3.63) is 53.0 Å². The van der Waals surface area contributed by atoms with Crippen molar-refractivity contribution in [2.24, 2.45) is 0 Å². The Bertz CT molecular complexity index is 704. The van der Waals surface area contributed by atoms with Crippen LogP contribution in [0.4, 0.5) is 11.4 Å². The van der Waals surface area contributed by atoms with Crippen molar-refractivity contribution in [2.45, 2.75) is 24.0 Å². The number of carbonyl (C=O) groups excluding carboxylic acids is 2. The zero-order chi connectivity index (χ0) is 16.8. The molecule has 0 bridgehead atoms. The third-order valence-corrected chi connectivity index (χ3v) is 4.55. The van der Waals surface area contributed by atoms with Crippen LogP contribution in [0.3, 0.4) is 0 Å². The summed E-state index contributed by atoms with van der Waals surface area (Å²) in [6.07, 6.45) is 0. The van der Waals surface area contributed by atoms with Crippen LogP contribution in [-0.2, 0) is 9.59 Å². The predicted octanol–water partition coefficient (Wildman–Crippen LogP) is 4.53. The molecule has 23 heavy (non-hydrogen) atoms. The number of benzene rings is 2. The van der Waals surface area contributed by atoms with Crippen molar-refractivity contribution in [3.63, 3.8) is 0 Å². The minimum absolute atomic E-state index is 0.0564. The second kappa shape index (κ2) is 8.17. The predicted molar refractivity (Wildman–Crippen MR) is 98.8 cm³/mol. The lowest BCUT2D eigenvalue weighted by molar-refractivity contribution is -0.115. The fraction of sp³-hybridized carbons (Fsp3) is 0.176. The van der Waals surface area contributed by atoms with E-state index < -0.39 is 0 Å². The van der Waals surface area contributed by atoms with Gasteiger partial charge in [-0.2, -0.15) is 0 Å². The fourth-order valence-electron chi connectivity index (χ4n) is 1.89. The van der Waals surface area contributed by atoms with Crippen LogP contribution in [0.15, 0.2) is 57.9 Å². The van der Waals surface area contributed by atoms with Crippen LogP contribution >= 0.6 is 27.7 Å². The molecule has 0 aliphatic rings. The van der Waals surface area contributed by atoms with E-state index in [0.717, 1.165) is 20.7 Å². The van der Waals surface area contributed by atoms with Gasteiger partial charge in [0.05, 0.1) is 5.25 Å². The Morgan fingerprint density at radius 1 is 1.04 bits per heavy atom. The van der Waals surface area contributed by atoms with Crippen LogP contribution in [0.2, 0.25) is 0 Å². The van der Waals surface area contributed by atoms with Gasteiger partial charge in [0.1, 0.15) is 0 Å². The van der Waals surface area contributed by atoms with Crippen molar-refractivity contribution in [1.82, 2.24) is 0 Å². The molecule has 0 radical (unpaired) electrons. The van der Waals surface area contributed by atoms with E-state index in [0.29, 0.717) is 0 Å². The molecule has 0 fully saturated rings. The Morgan fingerprint density at radius 2 is 1.74 bits per heavy atom. The van der Waals surface area contributed by atoms with Gasteiger partial charge in [0.15, 0.2) is 0 Å². The maximum atomic E-state index is 12.2. The number of thioether (sulfide) groups is 1. The summed E-state index contributed by atoms with van der Waals surface area (Å²) in [7, 11) is 0. The largest absolute Gasteiger partial charge is 0.326 e. The molecule has 0 saturated carbocycles. The second-order valence-electron chi connectivity index (χ2n) is 4.97. The SMILES string of the molecule is CC(=O)Nc1ccc(SC(C)C(=O)Nc2cccc(Br)c2)cc1. The van der Waals surface area contributed by atoms with Crippen molar-refractivity contribution >= 4 is 50.9 Å². The summed E-state index contributed by atoms with van der Waals surface area (Å²) >= 11 is 4.85. The van der Waals surface area contributed by atoms with E-state index in [1.165, 1.54) is 18.7 Å². The highest BCUT2D eigenvalue weighted by molar-refractivity contribution is 9.10. The zero-order valence-electron chi connectivity index (χ0n) is 12.8. The molecule has 0 spiro atoms. The lowest BCUT2D eigenvalue weighted by Gasteiger charge is -2.12. The van der Waals surface area contributed by atoms with Gasteiger partial charge in [0, 0.05) is 27.7 Å². The second-order valence-corrected chi connectivity index (χ2v) is 7.30. The number of nitrogens with one attached hydrogen (secondary N) is 2. The van der Waals surface area contributed by atoms with Crippen molar-refractivity contribution in [2.75, 3.05) is 10.6 Å². The van der Waals surface area contributed by atoms with Gasteiger partial charge < -0.3 is 10.6 Å². The molecule has 0 aromatic heterocycles. The van der Waals surface area contributed by atoms with Crippen LogP contribution in [-0.4, -0.2) is 17.1 Å². The number of hydrogen-bond acceptors (Lipinski definition) is 3. The lowest BCUT2D eigenvalue weighted by atomic mass is 10.3. The quantitative estimate of drug-likeness (QED) is 0.734. The molecule has 0 heterocycles. The topological polar surface area (TPSA) is 58.2 Å². The van der Waals surface area contributed by atoms with Gasteiger partial charge in [0.2, 0.25) is 11.8 Å². The van der Waals surface area contributed by atoms with E-state index in [1.54, 1.807) is 0 Å². The van der Waals surface area contributed by atoms with Crippen LogP contribution in [0.1, 0.15) is 13.8 Å². The van der Waals surface area contributed by atoms with Gasteiger partial charge in [-0.1, -0.05) is 22.0 Å². The smallest absolute Gasteiger partial charge is 0.237 e. The Hall–Kier alpha value is -1.79. The Kier molecular flexibility index (Phi) is 6.24. The number of hydrogen-bond donors (Lipinski definition) is 2. The summed E-state index contributed by atoms with van der Waals surface area (Å²) in [5.74, 6) is -0.161. The van der Waals surface area contributed by atoms with Crippen LogP contribution in [0, 0.1) is 0 Å². The minimum Gasteiger partial charge on any atom is -0.326 e. The highest BCUT2D eigenvalue weighted by atomic mass is 79.9. The van der Waals surface area contributed by atoms with Crippen LogP contribution < -0.4 is 10.6 Å². The van der Waals surface area contributed by atoms with E-state index in [-0.39, 0.29) is 17.1 Å². The number of anilines is 2. The maximum Gasteiger partial charge on any atom is 0.237 e. The minimum atomic E-state index is -0.236. The summed E-state index contributed by atoms with van der Waals surface area (Å²) in [6.45, 7) is 3.33. The monoisotopic (exact) mass is 392 g/mol. The van der Waals surface area contributed by atoms with Gasteiger partial charge in [-0.05, 0) is 49.4 Å². The summed E-state index contributed by atoms with van der Waals surface area (Å²) in [5.41, 5.74) is 1.51. The summed E-state index contributed by atoms with van der Waals surface area (Å²) in [6, 6.07) is 14.9. The van der Waals surface area contributed by atoms with Crippen molar-refractivity contribution in [3.8, 4) is 0 Å². The molecule has 4 nitrogen and oxygen atoms in total. The van der Waals surface area contributed by atoms with Crippen molar-refractivity contribution < 1.29 is 9.59 Å². The van der Waals surface area contributed by atoms with Crippen LogP contribution in [0.25, 0.3) is 0 Å². The summed E-state index contributed by atoms with van der Waals surface area (Å²) in [4.78, 5) is 24.2. The Labute approximate surface area is 148 Å². The van der Waals surface area contributed by atoms with Gasteiger partial charge in [-0.3, -0.25) is 9.59 Å². The van der Waals surface area contributed by atoms with E-state index >= 15 is 0 Å². The normalized spacial score (nSPS) is 11.6. The fourth-order valence-corrected chi connectivity index (χ4v) is 3.15. The first-order chi connectivity index (χ1) is 10.9. The maximum absolute atomic E-state index is 12.2. The van der Waals surface area contributed by atoms with Crippen molar-refractivity contribution in [1.29, 1.82) is 0 Å². The molecular weight excluding hydrogens is 376 g/mol. The van der Waals surface area contributed by atoms with Gasteiger partial charge >= 0.3 is 0 Å². The number of amides is 2. The van der Waals surface area contributed by atoms with Crippen LogP contribution in [0.5, 0.6) is 0 Å². The van der Waals surface area contributed by atoms with Gasteiger partial charge in [0.25, 0.3) is 0 Å². The first kappa shape index (κ1) is 17.6. The number of rotatable bonds is 5.